The first-order valence-corrected chi connectivity index (χ1v) is 5.75. The molecule has 0 aliphatic rings. The Balaban J connectivity index is 3.39. The summed E-state index contributed by atoms with van der Waals surface area (Å²) in [5.41, 5.74) is 0. The molecule has 0 radical (unpaired) electrons. The fourth-order valence-corrected chi connectivity index (χ4v) is 1.05. The molecule has 15 heavy (non-hydrogen) atoms. The lowest BCUT2D eigenvalue weighted by molar-refractivity contribution is -0.121. The Labute approximate surface area is 96.8 Å². The van der Waals surface area contributed by atoms with Gasteiger partial charge in [0.15, 0.2) is 0 Å². The van der Waals surface area contributed by atoms with Gasteiger partial charge in [-0.2, -0.15) is 12.6 Å². The van der Waals surface area contributed by atoms with Crippen molar-refractivity contribution in [3.05, 3.63) is 0 Å². The molecule has 0 heterocycles. The highest BCUT2D eigenvalue weighted by molar-refractivity contribution is 7.81. The molecule has 2 N–H and O–H groups in total. The summed E-state index contributed by atoms with van der Waals surface area (Å²) in [5.74, 6) is 0.203. The number of aliphatic hydroxyl groups excluding tert-OH is 1. The molecule has 5 heteroatoms. The van der Waals surface area contributed by atoms with Crippen LogP contribution in [0.2, 0.25) is 0 Å². The lowest BCUT2D eigenvalue weighted by Gasteiger charge is -2.14. The van der Waals surface area contributed by atoms with E-state index in [1.54, 1.807) is 0 Å². The van der Waals surface area contributed by atoms with Crippen molar-refractivity contribution in [2.24, 2.45) is 5.92 Å². The second-order valence-electron chi connectivity index (χ2n) is 3.67. The van der Waals surface area contributed by atoms with Crippen LogP contribution >= 0.6 is 12.6 Å². The smallest absolute Gasteiger partial charge is 0.233 e. The number of ether oxygens (including phenoxy) is 1. The predicted octanol–water partition coefficient (Wildman–Crippen LogP) is 0.456. The predicted molar refractivity (Wildman–Crippen MR) is 63.1 cm³/mol. The molecule has 0 aromatic carbocycles. The van der Waals surface area contributed by atoms with Crippen molar-refractivity contribution in [3.63, 3.8) is 0 Å². The maximum absolute atomic E-state index is 11.4. The third kappa shape index (κ3) is 7.64. The van der Waals surface area contributed by atoms with Crippen LogP contribution in [0.25, 0.3) is 0 Å². The average molecular weight is 235 g/mol. The lowest BCUT2D eigenvalue weighted by Crippen LogP contribution is -2.35. The van der Waals surface area contributed by atoms with Gasteiger partial charge in [0, 0.05) is 13.2 Å². The van der Waals surface area contributed by atoms with Crippen LogP contribution in [0, 0.1) is 5.92 Å². The van der Waals surface area contributed by atoms with Crippen LogP contribution in [0.15, 0.2) is 0 Å². The van der Waals surface area contributed by atoms with E-state index >= 15 is 0 Å². The molecule has 0 saturated heterocycles. The van der Waals surface area contributed by atoms with Gasteiger partial charge in [-0.05, 0) is 12.3 Å². The van der Waals surface area contributed by atoms with E-state index in [4.69, 9.17) is 9.84 Å². The zero-order valence-corrected chi connectivity index (χ0v) is 10.3. The molecule has 0 aromatic rings. The SMILES string of the molecule is CC(C)C(S)C(=O)NCCCOCCO. The lowest BCUT2D eigenvalue weighted by atomic mass is 10.1. The Morgan fingerprint density at radius 2 is 2.13 bits per heavy atom. The minimum absolute atomic E-state index is 0.0320. The van der Waals surface area contributed by atoms with Crippen LogP contribution in [0.5, 0.6) is 0 Å². The first kappa shape index (κ1) is 14.7. The van der Waals surface area contributed by atoms with E-state index in [-0.39, 0.29) is 23.7 Å². The van der Waals surface area contributed by atoms with Gasteiger partial charge in [0.1, 0.15) is 0 Å². The fourth-order valence-electron chi connectivity index (χ4n) is 0.960. The summed E-state index contributed by atoms with van der Waals surface area (Å²) in [6.07, 6.45) is 0.754. The van der Waals surface area contributed by atoms with Gasteiger partial charge in [-0.25, -0.2) is 0 Å². The molecule has 0 fully saturated rings. The highest BCUT2D eigenvalue weighted by Gasteiger charge is 2.16. The van der Waals surface area contributed by atoms with Gasteiger partial charge in [-0.15, -0.1) is 0 Å². The number of thiol groups is 1. The van der Waals surface area contributed by atoms with Crippen LogP contribution in [0.3, 0.4) is 0 Å². The van der Waals surface area contributed by atoms with Crippen LogP contribution in [-0.4, -0.2) is 42.6 Å². The maximum atomic E-state index is 11.4. The number of nitrogens with one attached hydrogen (secondary N) is 1. The summed E-state index contributed by atoms with van der Waals surface area (Å²) in [6, 6.07) is 0. The first-order chi connectivity index (χ1) is 7.09. The van der Waals surface area contributed by atoms with Crippen molar-refractivity contribution in [1.29, 1.82) is 0 Å². The molecular formula is C10H21NO3S. The maximum Gasteiger partial charge on any atom is 0.233 e. The van der Waals surface area contributed by atoms with Crippen LogP contribution in [-0.2, 0) is 9.53 Å². The quantitative estimate of drug-likeness (QED) is 0.423. The molecule has 0 aliphatic carbocycles. The molecule has 1 amide bonds. The molecule has 0 aliphatic heterocycles. The largest absolute Gasteiger partial charge is 0.394 e. The number of amides is 1. The van der Waals surface area contributed by atoms with Gasteiger partial charge in [-0.3, -0.25) is 4.79 Å². The van der Waals surface area contributed by atoms with Gasteiger partial charge in [-0.1, -0.05) is 13.8 Å². The molecule has 4 nitrogen and oxygen atoms in total. The molecule has 1 atom stereocenters. The monoisotopic (exact) mass is 235 g/mol. The third-order valence-electron chi connectivity index (χ3n) is 1.90. The first-order valence-electron chi connectivity index (χ1n) is 5.24. The summed E-state index contributed by atoms with van der Waals surface area (Å²) in [6.45, 7) is 5.46. The van der Waals surface area contributed by atoms with Gasteiger partial charge in [0.25, 0.3) is 0 Å². The van der Waals surface area contributed by atoms with Gasteiger partial charge in [0.05, 0.1) is 18.5 Å². The molecule has 1 unspecified atom stereocenters. The van der Waals surface area contributed by atoms with E-state index in [0.29, 0.717) is 19.8 Å². The Hall–Kier alpha value is -0.260. The average Bonchev–Trinajstić information content (AvgIpc) is 2.21. The van der Waals surface area contributed by atoms with Gasteiger partial charge >= 0.3 is 0 Å². The summed E-state index contributed by atoms with van der Waals surface area (Å²) >= 11 is 4.20. The zero-order chi connectivity index (χ0) is 11.7. The Morgan fingerprint density at radius 3 is 2.67 bits per heavy atom. The molecule has 0 rings (SSSR count). The highest BCUT2D eigenvalue weighted by atomic mass is 32.1. The third-order valence-corrected chi connectivity index (χ3v) is 2.73. The van der Waals surface area contributed by atoms with Crippen LogP contribution in [0.4, 0.5) is 0 Å². The van der Waals surface area contributed by atoms with E-state index < -0.39 is 0 Å². The number of hydrogen-bond acceptors (Lipinski definition) is 4. The molecular weight excluding hydrogens is 214 g/mol. The highest BCUT2D eigenvalue weighted by Crippen LogP contribution is 2.08. The van der Waals surface area contributed by atoms with Crippen molar-refractivity contribution in [2.45, 2.75) is 25.5 Å². The number of rotatable bonds is 8. The minimum Gasteiger partial charge on any atom is -0.394 e. The second-order valence-corrected chi connectivity index (χ2v) is 4.23. The Kier molecular flexibility index (Phi) is 8.85. The standard InChI is InChI=1S/C10H21NO3S/c1-8(2)9(15)10(13)11-4-3-6-14-7-5-12/h8-9,12,15H,3-7H2,1-2H3,(H,11,13). The summed E-state index contributed by atoms with van der Waals surface area (Å²) < 4.78 is 5.05. The normalized spacial score (nSPS) is 12.9. The van der Waals surface area contributed by atoms with Crippen molar-refractivity contribution >= 4 is 18.5 Å². The van der Waals surface area contributed by atoms with Crippen molar-refractivity contribution in [2.75, 3.05) is 26.4 Å². The Morgan fingerprint density at radius 1 is 1.47 bits per heavy atom. The topological polar surface area (TPSA) is 58.6 Å². The van der Waals surface area contributed by atoms with E-state index in [1.807, 2.05) is 13.8 Å². The van der Waals surface area contributed by atoms with Crippen molar-refractivity contribution in [1.82, 2.24) is 5.32 Å². The molecule has 90 valence electrons. The van der Waals surface area contributed by atoms with E-state index in [1.165, 1.54) is 0 Å². The van der Waals surface area contributed by atoms with Crippen LogP contribution in [0.1, 0.15) is 20.3 Å². The molecule has 0 aromatic heterocycles. The summed E-state index contributed by atoms with van der Waals surface area (Å²) in [7, 11) is 0. The number of carbonyl (C=O) groups excluding carboxylic acids is 1. The van der Waals surface area contributed by atoms with E-state index in [0.717, 1.165) is 6.42 Å². The van der Waals surface area contributed by atoms with Gasteiger partial charge in [0.2, 0.25) is 5.91 Å². The number of aliphatic hydroxyl groups is 1. The molecule has 0 spiro atoms. The fraction of sp³-hybridized carbons (Fsp3) is 0.900. The van der Waals surface area contributed by atoms with Crippen molar-refractivity contribution in [3.8, 4) is 0 Å². The summed E-state index contributed by atoms with van der Waals surface area (Å²) in [4.78, 5) is 11.4. The molecule has 0 bridgehead atoms. The summed E-state index contributed by atoms with van der Waals surface area (Å²) in [5, 5.41) is 11.0. The minimum atomic E-state index is -0.247. The number of hydrogen-bond donors (Lipinski definition) is 3. The Bertz CT molecular complexity index is 176. The van der Waals surface area contributed by atoms with E-state index in [2.05, 4.69) is 17.9 Å². The second kappa shape index (κ2) is 9.00. The van der Waals surface area contributed by atoms with E-state index in [9.17, 15) is 4.79 Å². The van der Waals surface area contributed by atoms with Crippen molar-refractivity contribution < 1.29 is 14.6 Å². The molecule has 0 saturated carbocycles. The number of carbonyl (C=O) groups is 1. The van der Waals surface area contributed by atoms with Crippen LogP contribution < -0.4 is 5.32 Å². The van der Waals surface area contributed by atoms with Gasteiger partial charge < -0.3 is 15.2 Å². The zero-order valence-electron chi connectivity index (χ0n) is 9.40.